The van der Waals surface area contributed by atoms with Crippen LogP contribution < -0.4 is 10.3 Å². The van der Waals surface area contributed by atoms with Crippen LogP contribution in [0.4, 0.5) is 5.69 Å². The zero-order valence-corrected chi connectivity index (χ0v) is 17.3. The first-order chi connectivity index (χ1) is 13.7. The second-order valence-electron chi connectivity index (χ2n) is 6.42. The summed E-state index contributed by atoms with van der Waals surface area (Å²) in [4.78, 5) is 24.3. The van der Waals surface area contributed by atoms with Gasteiger partial charge >= 0.3 is 11.6 Å². The molecule has 0 aliphatic heterocycles. The van der Waals surface area contributed by atoms with Gasteiger partial charge < -0.3 is 9.15 Å². The SMILES string of the molecule is CCc1cc2oc(=O)cc(COC(=O)c3cccc(NS(C)(=O)=O)c3)c2cc1Cl. The van der Waals surface area contributed by atoms with Gasteiger partial charge in [0, 0.05) is 27.7 Å². The number of ether oxygens (including phenoxy) is 1. The quantitative estimate of drug-likeness (QED) is 0.467. The highest BCUT2D eigenvalue weighted by Crippen LogP contribution is 2.26. The first-order valence-electron chi connectivity index (χ1n) is 8.66. The van der Waals surface area contributed by atoms with Gasteiger partial charge in [0.25, 0.3) is 0 Å². The molecule has 0 atom stereocenters. The third-order valence-corrected chi connectivity index (χ3v) is 5.10. The Morgan fingerprint density at radius 3 is 2.62 bits per heavy atom. The topological polar surface area (TPSA) is 103 Å². The number of carbonyl (C=O) groups is 1. The molecule has 152 valence electrons. The Labute approximate surface area is 172 Å². The number of halogens is 1. The van der Waals surface area contributed by atoms with Gasteiger partial charge in [-0.1, -0.05) is 24.6 Å². The van der Waals surface area contributed by atoms with E-state index < -0.39 is 21.6 Å². The van der Waals surface area contributed by atoms with Gasteiger partial charge in [0.1, 0.15) is 12.2 Å². The standard InChI is InChI=1S/C20H18ClNO6S/c1-3-12-8-18-16(10-17(12)21)14(9-19(23)28-18)11-27-20(24)13-5-4-6-15(7-13)22-29(2,25)26/h4-10,22H,3,11H2,1-2H3. The van der Waals surface area contributed by atoms with Crippen LogP contribution in [0.5, 0.6) is 0 Å². The zero-order valence-electron chi connectivity index (χ0n) is 15.7. The Morgan fingerprint density at radius 2 is 1.93 bits per heavy atom. The summed E-state index contributed by atoms with van der Waals surface area (Å²) in [5, 5.41) is 1.10. The Hall–Kier alpha value is -2.84. The Kier molecular flexibility index (Phi) is 5.95. The monoisotopic (exact) mass is 435 g/mol. The summed E-state index contributed by atoms with van der Waals surface area (Å²) in [6.45, 7) is 1.76. The molecule has 29 heavy (non-hydrogen) atoms. The third kappa shape index (κ3) is 5.16. The van der Waals surface area contributed by atoms with E-state index in [0.717, 1.165) is 11.8 Å². The minimum absolute atomic E-state index is 0.164. The number of hydrogen-bond acceptors (Lipinski definition) is 6. The summed E-state index contributed by atoms with van der Waals surface area (Å²) in [7, 11) is -3.47. The Bertz CT molecular complexity index is 1250. The van der Waals surface area contributed by atoms with Gasteiger partial charge in [-0.25, -0.2) is 18.0 Å². The minimum Gasteiger partial charge on any atom is -0.457 e. The van der Waals surface area contributed by atoms with Crippen LogP contribution in [0.2, 0.25) is 5.02 Å². The van der Waals surface area contributed by atoms with E-state index in [0.29, 0.717) is 28.0 Å². The molecule has 0 saturated carbocycles. The van der Waals surface area contributed by atoms with Crippen molar-refractivity contribution in [1.29, 1.82) is 0 Å². The molecule has 0 saturated heterocycles. The number of anilines is 1. The molecule has 0 fully saturated rings. The van der Waals surface area contributed by atoms with E-state index >= 15 is 0 Å². The summed E-state index contributed by atoms with van der Waals surface area (Å²) in [5.74, 6) is -0.667. The number of sulfonamides is 1. The molecular formula is C20H18ClNO6S. The average Bonchev–Trinajstić information content (AvgIpc) is 2.64. The lowest BCUT2D eigenvalue weighted by atomic mass is 10.1. The predicted octanol–water partition coefficient (Wildman–Crippen LogP) is 3.74. The predicted molar refractivity (Wildman–Crippen MR) is 111 cm³/mol. The fourth-order valence-corrected chi connectivity index (χ4v) is 3.68. The summed E-state index contributed by atoms with van der Waals surface area (Å²) in [5.41, 5.74) is 1.51. The van der Waals surface area contributed by atoms with Gasteiger partial charge in [0.2, 0.25) is 10.0 Å². The molecule has 2 aromatic carbocycles. The largest absolute Gasteiger partial charge is 0.457 e. The highest BCUT2D eigenvalue weighted by atomic mass is 35.5. The van der Waals surface area contributed by atoms with Crippen molar-refractivity contribution in [2.24, 2.45) is 0 Å². The van der Waals surface area contributed by atoms with E-state index in [1.54, 1.807) is 12.1 Å². The smallest absolute Gasteiger partial charge is 0.338 e. The molecule has 1 heterocycles. The lowest BCUT2D eigenvalue weighted by Crippen LogP contribution is -2.11. The van der Waals surface area contributed by atoms with Crippen molar-refractivity contribution >= 4 is 44.3 Å². The molecule has 0 bridgehead atoms. The number of carbonyl (C=O) groups excluding carboxylic acids is 1. The molecule has 9 heteroatoms. The van der Waals surface area contributed by atoms with Gasteiger partial charge in [-0.2, -0.15) is 0 Å². The van der Waals surface area contributed by atoms with E-state index in [1.807, 2.05) is 6.92 Å². The van der Waals surface area contributed by atoms with Crippen molar-refractivity contribution in [2.75, 3.05) is 11.0 Å². The lowest BCUT2D eigenvalue weighted by Gasteiger charge is -2.10. The maximum Gasteiger partial charge on any atom is 0.338 e. The van der Waals surface area contributed by atoms with Gasteiger partial charge in [0.15, 0.2) is 0 Å². The van der Waals surface area contributed by atoms with Crippen LogP contribution in [-0.2, 0) is 27.8 Å². The summed E-state index contributed by atoms with van der Waals surface area (Å²) < 4.78 is 35.5. The number of nitrogens with one attached hydrogen (secondary N) is 1. The molecule has 1 aromatic heterocycles. The molecule has 7 nitrogen and oxygen atoms in total. The van der Waals surface area contributed by atoms with Gasteiger partial charge in [-0.05, 0) is 42.3 Å². The number of hydrogen-bond donors (Lipinski definition) is 1. The van der Waals surface area contributed by atoms with Crippen molar-refractivity contribution in [1.82, 2.24) is 0 Å². The van der Waals surface area contributed by atoms with E-state index in [4.69, 9.17) is 20.8 Å². The van der Waals surface area contributed by atoms with Crippen molar-refractivity contribution in [3.8, 4) is 0 Å². The molecule has 0 aliphatic rings. The van der Waals surface area contributed by atoms with Gasteiger partial charge in [-0.15, -0.1) is 0 Å². The Morgan fingerprint density at radius 1 is 1.17 bits per heavy atom. The van der Waals surface area contributed by atoms with E-state index in [9.17, 15) is 18.0 Å². The van der Waals surface area contributed by atoms with Gasteiger partial charge in [-0.3, -0.25) is 4.72 Å². The highest BCUT2D eigenvalue weighted by molar-refractivity contribution is 7.92. The summed E-state index contributed by atoms with van der Waals surface area (Å²) >= 11 is 6.26. The van der Waals surface area contributed by atoms with Crippen LogP contribution in [0.3, 0.4) is 0 Å². The molecule has 3 aromatic rings. The molecule has 1 N–H and O–H groups in total. The number of fused-ring (bicyclic) bond motifs is 1. The lowest BCUT2D eigenvalue weighted by molar-refractivity contribution is 0.0474. The average molecular weight is 436 g/mol. The molecule has 0 radical (unpaired) electrons. The second-order valence-corrected chi connectivity index (χ2v) is 8.57. The number of rotatable bonds is 6. The van der Waals surface area contributed by atoms with Crippen LogP contribution in [0.15, 0.2) is 51.7 Å². The maximum atomic E-state index is 12.4. The fraction of sp³-hybridized carbons (Fsp3) is 0.200. The molecule has 0 amide bonds. The fourth-order valence-electron chi connectivity index (χ4n) is 2.83. The first kappa shape index (κ1) is 20.9. The highest BCUT2D eigenvalue weighted by Gasteiger charge is 2.14. The van der Waals surface area contributed by atoms with Crippen molar-refractivity contribution in [3.63, 3.8) is 0 Å². The third-order valence-electron chi connectivity index (χ3n) is 4.14. The van der Waals surface area contributed by atoms with Crippen LogP contribution in [0, 0.1) is 0 Å². The van der Waals surface area contributed by atoms with Crippen LogP contribution in [0.25, 0.3) is 11.0 Å². The summed E-state index contributed by atoms with van der Waals surface area (Å²) in [6, 6.07) is 10.5. The second kappa shape index (κ2) is 8.26. The van der Waals surface area contributed by atoms with Gasteiger partial charge in [0.05, 0.1) is 11.8 Å². The number of benzene rings is 2. The molecule has 0 unspecified atom stereocenters. The minimum atomic E-state index is -3.47. The summed E-state index contributed by atoms with van der Waals surface area (Å²) in [6.07, 6.45) is 1.69. The zero-order chi connectivity index (χ0) is 21.2. The van der Waals surface area contributed by atoms with Crippen LogP contribution in [-0.4, -0.2) is 20.6 Å². The molecule has 0 aliphatic carbocycles. The first-order valence-corrected chi connectivity index (χ1v) is 10.9. The van der Waals surface area contributed by atoms with E-state index in [2.05, 4.69) is 4.72 Å². The molecule has 0 spiro atoms. The Balaban J connectivity index is 1.85. The van der Waals surface area contributed by atoms with Crippen molar-refractivity contribution < 1.29 is 22.4 Å². The van der Waals surface area contributed by atoms with E-state index in [1.165, 1.54) is 30.3 Å². The van der Waals surface area contributed by atoms with Crippen LogP contribution >= 0.6 is 11.6 Å². The normalized spacial score (nSPS) is 11.4. The van der Waals surface area contributed by atoms with Crippen molar-refractivity contribution in [3.05, 3.63) is 74.6 Å². The van der Waals surface area contributed by atoms with Crippen molar-refractivity contribution in [2.45, 2.75) is 20.0 Å². The number of aryl methyl sites for hydroxylation is 1. The molecule has 3 rings (SSSR count). The number of esters is 1. The maximum absolute atomic E-state index is 12.4. The van der Waals surface area contributed by atoms with E-state index in [-0.39, 0.29) is 17.9 Å². The van der Waals surface area contributed by atoms with Crippen LogP contribution in [0.1, 0.15) is 28.4 Å². The molecular weight excluding hydrogens is 418 g/mol.